The molecule has 4 rings (SSSR count). The lowest BCUT2D eigenvalue weighted by Crippen LogP contribution is -2.55. The van der Waals surface area contributed by atoms with Crippen molar-refractivity contribution in [1.29, 1.82) is 0 Å². The fourth-order valence-electron chi connectivity index (χ4n) is 4.37. The average molecular weight is 474 g/mol. The number of hydrogen-bond donors (Lipinski definition) is 0. The van der Waals surface area contributed by atoms with Crippen LogP contribution in [-0.4, -0.2) is 65.2 Å². The molecule has 2 aliphatic rings. The molecule has 0 bridgehead atoms. The van der Waals surface area contributed by atoms with Gasteiger partial charge in [-0.3, -0.25) is 9.78 Å². The van der Waals surface area contributed by atoms with Crippen LogP contribution in [-0.2, 0) is 27.2 Å². The standard InChI is InChI=1S/C23H28ClN3O3.CO2/c1-3-12-30-23(29)26-10-11-27(15(2)14-26)22(28)16-8-9-18-20(13-16)25-19-7-5-4-6-17(19)21(18)24;2-1-3/h8-9,13,15H,3-7,10-12,14H2,1-2H3;. The van der Waals surface area contributed by atoms with Crippen LogP contribution in [0.25, 0.3) is 10.9 Å². The summed E-state index contributed by atoms with van der Waals surface area (Å²) in [6, 6.07) is 5.52. The van der Waals surface area contributed by atoms with Crippen LogP contribution >= 0.6 is 11.6 Å². The predicted octanol–water partition coefficient (Wildman–Crippen LogP) is 3.88. The van der Waals surface area contributed by atoms with Gasteiger partial charge in [-0.25, -0.2) is 4.79 Å². The number of hydrogen-bond acceptors (Lipinski definition) is 6. The number of aromatic nitrogens is 1. The average Bonchev–Trinajstić information content (AvgIpc) is 2.82. The van der Waals surface area contributed by atoms with Crippen molar-refractivity contribution in [3.8, 4) is 0 Å². The maximum atomic E-state index is 13.2. The number of benzene rings is 1. The molecule has 8 nitrogen and oxygen atoms in total. The van der Waals surface area contributed by atoms with Gasteiger partial charge in [-0.1, -0.05) is 24.6 Å². The fraction of sp³-hybridized carbons (Fsp3) is 0.500. The first-order valence-corrected chi connectivity index (χ1v) is 11.6. The highest BCUT2D eigenvalue weighted by atomic mass is 35.5. The highest BCUT2D eigenvalue weighted by molar-refractivity contribution is 6.36. The highest BCUT2D eigenvalue weighted by Crippen LogP contribution is 2.33. The summed E-state index contributed by atoms with van der Waals surface area (Å²) in [5.41, 5.74) is 3.61. The summed E-state index contributed by atoms with van der Waals surface area (Å²) in [5, 5.41) is 1.69. The van der Waals surface area contributed by atoms with E-state index in [1.807, 2.05) is 36.9 Å². The summed E-state index contributed by atoms with van der Waals surface area (Å²) in [7, 11) is 0. The van der Waals surface area contributed by atoms with Gasteiger partial charge in [0.25, 0.3) is 5.91 Å². The van der Waals surface area contributed by atoms with E-state index in [2.05, 4.69) is 0 Å². The molecule has 0 radical (unpaired) electrons. The third-order valence-corrected chi connectivity index (χ3v) is 6.45. The Bertz CT molecular complexity index is 1070. The Morgan fingerprint density at radius 2 is 1.94 bits per heavy atom. The van der Waals surface area contributed by atoms with Crippen LogP contribution in [0.4, 0.5) is 4.79 Å². The molecule has 0 spiro atoms. The van der Waals surface area contributed by atoms with Gasteiger partial charge < -0.3 is 14.5 Å². The molecule has 2 aromatic rings. The third kappa shape index (κ3) is 5.52. The lowest BCUT2D eigenvalue weighted by Gasteiger charge is -2.39. The molecule has 0 N–H and O–H groups in total. The number of amides is 2. The molecule has 1 aliphatic heterocycles. The zero-order chi connectivity index (χ0) is 24.0. The number of ether oxygens (including phenoxy) is 1. The molecule has 176 valence electrons. The first-order chi connectivity index (χ1) is 15.9. The van der Waals surface area contributed by atoms with E-state index >= 15 is 0 Å². The number of nitrogens with zero attached hydrogens (tertiary/aromatic N) is 3. The van der Waals surface area contributed by atoms with Crippen molar-refractivity contribution in [1.82, 2.24) is 14.8 Å². The number of aryl methyl sites for hydroxylation is 1. The molecule has 0 saturated carbocycles. The van der Waals surface area contributed by atoms with Gasteiger partial charge in [0.15, 0.2) is 0 Å². The maximum Gasteiger partial charge on any atom is 0.409 e. The number of carbonyl (C=O) groups is 2. The molecule has 1 atom stereocenters. The SMILES string of the molecule is CCCOC(=O)N1CCN(C(=O)c2ccc3c(Cl)c4c(nc3c2)CCCC4)C(C)C1.O=C=O. The molecular weight excluding hydrogens is 446 g/mol. The number of fused-ring (bicyclic) bond motifs is 2. The molecular formula is C24H28ClN3O5. The number of carbonyl (C=O) groups excluding carboxylic acids is 4. The Hall–Kier alpha value is -2.96. The summed E-state index contributed by atoms with van der Waals surface area (Å²) in [5.74, 6) is -0.0402. The molecule has 33 heavy (non-hydrogen) atoms. The van der Waals surface area contributed by atoms with Gasteiger partial charge in [0.05, 0.1) is 17.1 Å². The number of pyridine rings is 1. The first kappa shape index (κ1) is 24.7. The van der Waals surface area contributed by atoms with Gasteiger partial charge in [0, 0.05) is 42.3 Å². The summed E-state index contributed by atoms with van der Waals surface area (Å²) in [4.78, 5) is 49.9. The largest absolute Gasteiger partial charge is 0.449 e. The van der Waals surface area contributed by atoms with Crippen molar-refractivity contribution in [2.24, 2.45) is 0 Å². The van der Waals surface area contributed by atoms with E-state index in [4.69, 9.17) is 30.9 Å². The van der Waals surface area contributed by atoms with Gasteiger partial charge in [0.2, 0.25) is 0 Å². The number of halogens is 1. The summed E-state index contributed by atoms with van der Waals surface area (Å²) >= 11 is 6.66. The molecule has 2 amide bonds. The van der Waals surface area contributed by atoms with E-state index in [-0.39, 0.29) is 24.2 Å². The molecule has 2 heterocycles. The second-order valence-electron chi connectivity index (χ2n) is 8.28. The van der Waals surface area contributed by atoms with Crippen LogP contribution in [0.1, 0.15) is 54.7 Å². The first-order valence-electron chi connectivity index (χ1n) is 11.2. The molecule has 1 aliphatic carbocycles. The van der Waals surface area contributed by atoms with Crippen LogP contribution in [0, 0.1) is 0 Å². The van der Waals surface area contributed by atoms with Crippen LogP contribution in [0.2, 0.25) is 5.02 Å². The smallest absolute Gasteiger partial charge is 0.409 e. The topological polar surface area (TPSA) is 96.9 Å². The van der Waals surface area contributed by atoms with E-state index in [9.17, 15) is 9.59 Å². The van der Waals surface area contributed by atoms with Crippen LogP contribution in [0.5, 0.6) is 0 Å². The third-order valence-electron chi connectivity index (χ3n) is 6.02. The van der Waals surface area contributed by atoms with Crippen molar-refractivity contribution in [3.05, 3.63) is 40.0 Å². The van der Waals surface area contributed by atoms with Gasteiger partial charge in [0.1, 0.15) is 0 Å². The molecule has 9 heteroatoms. The number of piperazine rings is 1. The lowest BCUT2D eigenvalue weighted by molar-refractivity contribution is -0.191. The summed E-state index contributed by atoms with van der Waals surface area (Å²) in [6.07, 6.45) is 4.93. The van der Waals surface area contributed by atoms with Gasteiger partial charge in [-0.15, -0.1) is 0 Å². The Balaban J connectivity index is 0.000000968. The second-order valence-corrected chi connectivity index (χ2v) is 8.66. The quantitative estimate of drug-likeness (QED) is 0.671. The van der Waals surface area contributed by atoms with Gasteiger partial charge in [-0.2, -0.15) is 9.59 Å². The summed E-state index contributed by atoms with van der Waals surface area (Å²) < 4.78 is 5.23. The van der Waals surface area contributed by atoms with E-state index in [0.29, 0.717) is 31.8 Å². The van der Waals surface area contributed by atoms with Crippen LogP contribution < -0.4 is 0 Å². The van der Waals surface area contributed by atoms with Crippen molar-refractivity contribution < 1.29 is 23.9 Å². The molecule has 1 aromatic heterocycles. The zero-order valence-corrected chi connectivity index (χ0v) is 19.7. The van der Waals surface area contributed by atoms with E-state index in [1.54, 1.807) is 4.90 Å². The Labute approximate surface area is 197 Å². The monoisotopic (exact) mass is 473 g/mol. The highest BCUT2D eigenvalue weighted by Gasteiger charge is 2.31. The Morgan fingerprint density at radius 3 is 2.64 bits per heavy atom. The van der Waals surface area contributed by atoms with Crippen molar-refractivity contribution in [3.63, 3.8) is 0 Å². The van der Waals surface area contributed by atoms with E-state index in [1.165, 1.54) is 0 Å². The molecule has 1 unspecified atom stereocenters. The minimum Gasteiger partial charge on any atom is -0.449 e. The van der Waals surface area contributed by atoms with E-state index in [0.717, 1.165) is 59.3 Å². The maximum absolute atomic E-state index is 13.2. The second kappa shape index (κ2) is 11.3. The fourth-order valence-corrected chi connectivity index (χ4v) is 4.73. The van der Waals surface area contributed by atoms with Crippen molar-refractivity contribution in [2.45, 2.75) is 52.0 Å². The van der Waals surface area contributed by atoms with Crippen LogP contribution in [0.3, 0.4) is 0 Å². The molecule has 1 fully saturated rings. The van der Waals surface area contributed by atoms with E-state index < -0.39 is 0 Å². The minimum atomic E-state index is -0.301. The lowest BCUT2D eigenvalue weighted by atomic mass is 9.94. The minimum absolute atomic E-state index is 0.0402. The van der Waals surface area contributed by atoms with Crippen LogP contribution in [0.15, 0.2) is 18.2 Å². The molecule has 1 saturated heterocycles. The predicted molar refractivity (Wildman–Crippen MR) is 122 cm³/mol. The van der Waals surface area contributed by atoms with Gasteiger partial charge >= 0.3 is 12.2 Å². The van der Waals surface area contributed by atoms with Crippen molar-refractivity contribution in [2.75, 3.05) is 26.2 Å². The summed E-state index contributed by atoms with van der Waals surface area (Å²) in [6.45, 7) is 5.78. The van der Waals surface area contributed by atoms with Crippen molar-refractivity contribution >= 4 is 40.7 Å². The number of rotatable bonds is 3. The van der Waals surface area contributed by atoms with Gasteiger partial charge in [-0.05, 0) is 56.7 Å². The molecule has 1 aromatic carbocycles. The Kier molecular flexibility index (Phi) is 8.42. The normalized spacial score (nSPS) is 17.5. The Morgan fingerprint density at radius 1 is 1.21 bits per heavy atom. The zero-order valence-electron chi connectivity index (χ0n) is 18.9.